The minimum absolute atomic E-state index is 0.0446. The molecule has 1 saturated heterocycles. The molecule has 2 amide bonds. The molecule has 6 nitrogen and oxygen atoms in total. The summed E-state index contributed by atoms with van der Waals surface area (Å²) in [6.45, 7) is 6.02. The number of benzene rings is 1. The lowest BCUT2D eigenvalue weighted by atomic mass is 9.93. The van der Waals surface area contributed by atoms with E-state index in [4.69, 9.17) is 4.52 Å². The molecule has 1 aliphatic rings. The van der Waals surface area contributed by atoms with E-state index in [9.17, 15) is 9.59 Å². The molecule has 1 atom stereocenters. The van der Waals surface area contributed by atoms with Gasteiger partial charge in [0.05, 0.1) is 0 Å². The highest BCUT2D eigenvalue weighted by Crippen LogP contribution is 2.28. The zero-order valence-electron chi connectivity index (χ0n) is 14.1. The van der Waals surface area contributed by atoms with E-state index >= 15 is 0 Å². The molecule has 1 N–H and O–H groups in total. The van der Waals surface area contributed by atoms with Crippen LogP contribution < -0.4 is 10.2 Å². The molecule has 126 valence electrons. The number of amides is 2. The quantitative estimate of drug-likeness (QED) is 0.940. The fourth-order valence-electron chi connectivity index (χ4n) is 2.74. The number of carbonyl (C=O) groups is 2. The summed E-state index contributed by atoms with van der Waals surface area (Å²) in [5, 5.41) is 6.66. The maximum absolute atomic E-state index is 12.6. The molecule has 0 aliphatic carbocycles. The highest BCUT2D eigenvalue weighted by Gasteiger charge is 2.37. The van der Waals surface area contributed by atoms with Crippen molar-refractivity contribution < 1.29 is 14.1 Å². The van der Waals surface area contributed by atoms with Crippen molar-refractivity contribution in [3.05, 3.63) is 42.2 Å². The van der Waals surface area contributed by atoms with E-state index in [1.807, 2.05) is 51.1 Å². The van der Waals surface area contributed by atoms with Crippen LogP contribution in [0, 0.1) is 0 Å². The van der Waals surface area contributed by atoms with Crippen LogP contribution in [0.3, 0.4) is 0 Å². The average molecular weight is 327 g/mol. The number of nitrogens with zero attached hydrogens (tertiary/aromatic N) is 2. The van der Waals surface area contributed by atoms with Crippen LogP contribution in [0.25, 0.3) is 0 Å². The van der Waals surface area contributed by atoms with Gasteiger partial charge in [0.15, 0.2) is 5.82 Å². The molecule has 6 heteroatoms. The minimum atomic E-state index is -0.533. The first-order valence-electron chi connectivity index (χ1n) is 8.01. The van der Waals surface area contributed by atoms with E-state index in [1.165, 1.54) is 0 Å². The van der Waals surface area contributed by atoms with Gasteiger partial charge in [0.2, 0.25) is 11.8 Å². The van der Waals surface area contributed by atoms with Gasteiger partial charge in [-0.3, -0.25) is 14.5 Å². The lowest BCUT2D eigenvalue weighted by Crippen LogP contribution is -2.41. The molecule has 0 radical (unpaired) electrons. The van der Waals surface area contributed by atoms with Gasteiger partial charge in [-0.25, -0.2) is 0 Å². The number of aromatic nitrogens is 1. The van der Waals surface area contributed by atoms with Crippen molar-refractivity contribution in [2.45, 2.75) is 45.1 Å². The Labute approximate surface area is 140 Å². The van der Waals surface area contributed by atoms with Crippen molar-refractivity contribution in [3.8, 4) is 0 Å². The molecule has 0 saturated carbocycles. The molecule has 0 spiro atoms. The van der Waals surface area contributed by atoms with Gasteiger partial charge >= 0.3 is 0 Å². The summed E-state index contributed by atoms with van der Waals surface area (Å²) in [7, 11) is 0. The van der Waals surface area contributed by atoms with Crippen LogP contribution >= 0.6 is 0 Å². The molecule has 0 bridgehead atoms. The number of rotatable bonds is 3. The highest BCUT2D eigenvalue weighted by molar-refractivity contribution is 6.07. The normalized spacial score (nSPS) is 18.0. The molecule has 2 heterocycles. The number of para-hydroxylation sites is 1. The first kappa shape index (κ1) is 16.2. The summed E-state index contributed by atoms with van der Waals surface area (Å²) >= 11 is 0. The van der Waals surface area contributed by atoms with Crippen LogP contribution in [0.2, 0.25) is 0 Å². The zero-order valence-corrected chi connectivity index (χ0v) is 14.1. The first-order chi connectivity index (χ1) is 11.4. The summed E-state index contributed by atoms with van der Waals surface area (Å²) in [5.41, 5.74) is 0.547. The number of nitrogens with one attached hydrogen (secondary N) is 1. The van der Waals surface area contributed by atoms with Gasteiger partial charge in [0, 0.05) is 23.6 Å². The fraction of sp³-hybridized carbons (Fsp3) is 0.389. The standard InChI is InChI=1S/C18H21N3O3/c1-18(2,3)14-11-15(20-24-14)19-17(23)13-9-10-16(22)21(13)12-7-5-4-6-8-12/h4-8,11,13H,9-10H2,1-3H3,(H,19,20,23)/t13-/m0/s1. The first-order valence-corrected chi connectivity index (χ1v) is 8.01. The van der Waals surface area contributed by atoms with Crippen molar-refractivity contribution in [2.24, 2.45) is 0 Å². The van der Waals surface area contributed by atoms with Crippen LogP contribution in [0.15, 0.2) is 40.9 Å². The van der Waals surface area contributed by atoms with Crippen molar-refractivity contribution in [1.29, 1.82) is 0 Å². The average Bonchev–Trinajstić information content (AvgIpc) is 3.14. The third-order valence-electron chi connectivity index (χ3n) is 4.05. The van der Waals surface area contributed by atoms with Crippen LogP contribution in [0.4, 0.5) is 11.5 Å². The second-order valence-electron chi connectivity index (χ2n) is 6.97. The van der Waals surface area contributed by atoms with Crippen molar-refractivity contribution in [1.82, 2.24) is 5.16 Å². The van der Waals surface area contributed by atoms with Crippen LogP contribution in [0.1, 0.15) is 39.4 Å². The van der Waals surface area contributed by atoms with Crippen LogP contribution in [-0.2, 0) is 15.0 Å². The van der Waals surface area contributed by atoms with E-state index in [-0.39, 0.29) is 17.2 Å². The maximum atomic E-state index is 12.6. The minimum Gasteiger partial charge on any atom is -0.359 e. The third kappa shape index (κ3) is 3.18. The van der Waals surface area contributed by atoms with E-state index in [1.54, 1.807) is 11.0 Å². The zero-order chi connectivity index (χ0) is 17.3. The number of carbonyl (C=O) groups excluding carboxylic acids is 2. The Bertz CT molecular complexity index is 746. The van der Waals surface area contributed by atoms with Crippen molar-refractivity contribution in [2.75, 3.05) is 10.2 Å². The van der Waals surface area contributed by atoms with Gasteiger partial charge in [-0.1, -0.05) is 44.1 Å². The van der Waals surface area contributed by atoms with E-state index in [0.717, 1.165) is 5.69 Å². The summed E-state index contributed by atoms with van der Waals surface area (Å²) in [6.07, 6.45) is 0.850. The smallest absolute Gasteiger partial charge is 0.248 e. The second kappa shape index (κ2) is 6.11. The Morgan fingerprint density at radius 1 is 1.29 bits per heavy atom. The van der Waals surface area contributed by atoms with E-state index in [0.29, 0.717) is 24.4 Å². The van der Waals surface area contributed by atoms with Crippen molar-refractivity contribution in [3.63, 3.8) is 0 Å². The predicted molar refractivity (Wildman–Crippen MR) is 90.8 cm³/mol. The number of hydrogen-bond donors (Lipinski definition) is 1. The van der Waals surface area contributed by atoms with Crippen molar-refractivity contribution >= 4 is 23.3 Å². The molecule has 1 fully saturated rings. The molecule has 2 aromatic rings. The topological polar surface area (TPSA) is 75.4 Å². The summed E-state index contributed by atoms with van der Waals surface area (Å²) in [6, 6.07) is 10.4. The van der Waals surface area contributed by atoms with Gasteiger partial charge in [0.25, 0.3) is 0 Å². The lowest BCUT2D eigenvalue weighted by molar-refractivity contribution is -0.120. The molecule has 1 aromatic carbocycles. The Hall–Kier alpha value is -2.63. The Morgan fingerprint density at radius 2 is 2.00 bits per heavy atom. The van der Waals surface area contributed by atoms with Gasteiger partial charge in [0.1, 0.15) is 11.8 Å². The third-order valence-corrected chi connectivity index (χ3v) is 4.05. The molecule has 3 rings (SSSR count). The SMILES string of the molecule is CC(C)(C)c1cc(NC(=O)[C@@H]2CCC(=O)N2c2ccccc2)no1. The molecule has 1 aromatic heterocycles. The summed E-state index contributed by atoms with van der Waals surface area (Å²) in [4.78, 5) is 26.4. The molecule has 0 unspecified atom stereocenters. The lowest BCUT2D eigenvalue weighted by Gasteiger charge is -2.23. The summed E-state index contributed by atoms with van der Waals surface area (Å²) in [5.74, 6) is 0.771. The predicted octanol–water partition coefficient (Wildman–Crippen LogP) is 3.11. The van der Waals surface area contributed by atoms with Crippen LogP contribution in [-0.4, -0.2) is 23.0 Å². The highest BCUT2D eigenvalue weighted by atomic mass is 16.5. The van der Waals surface area contributed by atoms with Gasteiger partial charge in [-0.05, 0) is 18.6 Å². The van der Waals surface area contributed by atoms with Gasteiger partial charge in [-0.2, -0.15) is 0 Å². The van der Waals surface area contributed by atoms with E-state index in [2.05, 4.69) is 10.5 Å². The fourth-order valence-corrected chi connectivity index (χ4v) is 2.74. The maximum Gasteiger partial charge on any atom is 0.248 e. The number of anilines is 2. The molecular weight excluding hydrogens is 306 g/mol. The molecule has 1 aliphatic heterocycles. The number of hydrogen-bond acceptors (Lipinski definition) is 4. The molecule has 24 heavy (non-hydrogen) atoms. The van der Waals surface area contributed by atoms with Gasteiger partial charge in [-0.15, -0.1) is 0 Å². The second-order valence-corrected chi connectivity index (χ2v) is 6.97. The largest absolute Gasteiger partial charge is 0.359 e. The Balaban J connectivity index is 1.77. The Kier molecular flexibility index (Phi) is 4.13. The van der Waals surface area contributed by atoms with E-state index < -0.39 is 6.04 Å². The van der Waals surface area contributed by atoms with Crippen LogP contribution in [0.5, 0.6) is 0 Å². The monoisotopic (exact) mass is 327 g/mol. The summed E-state index contributed by atoms with van der Waals surface area (Å²) < 4.78 is 5.28. The Morgan fingerprint density at radius 3 is 2.62 bits per heavy atom. The molecular formula is C18H21N3O3. The van der Waals surface area contributed by atoms with Gasteiger partial charge < -0.3 is 9.84 Å².